The fraction of sp³-hybridized carbons (Fsp3) is 0. The van der Waals surface area contributed by atoms with Gasteiger partial charge in [-0.2, -0.15) is 0 Å². The van der Waals surface area contributed by atoms with Crippen molar-refractivity contribution in [3.8, 4) is 0 Å². The summed E-state index contributed by atoms with van der Waals surface area (Å²) in [6.07, 6.45) is 0. The molecule has 0 amide bonds. The summed E-state index contributed by atoms with van der Waals surface area (Å²) in [5, 5.41) is 28.4. The molecule has 136 valence electrons. The maximum Gasteiger partial charge on any atom is 0.337 e. The monoisotopic (exact) mass is 420 g/mol. The summed E-state index contributed by atoms with van der Waals surface area (Å²) >= 11 is 16.2. The summed E-state index contributed by atoms with van der Waals surface area (Å²) < 4.78 is 0. The van der Waals surface area contributed by atoms with Gasteiger partial charge in [0, 0.05) is 24.3 Å². The van der Waals surface area contributed by atoms with E-state index in [1.807, 2.05) is 0 Å². The molecule has 0 fully saturated rings. The molecule has 0 heterocycles. The highest BCUT2D eigenvalue weighted by Crippen LogP contribution is 2.23. The van der Waals surface area contributed by atoms with E-state index in [2.05, 4.69) is 0 Å². The average Bonchev–Trinajstić information content (AvgIpc) is 2.55. The highest BCUT2D eigenvalue weighted by Gasteiger charge is 2.14. The number of benzene rings is 2. The molecule has 0 atom stereocenters. The lowest BCUT2D eigenvalue weighted by Crippen LogP contribution is -1.98. The van der Waals surface area contributed by atoms with Crippen LogP contribution in [0.1, 0.15) is 20.7 Å². The minimum Gasteiger partial charge on any atom is -0.478 e. The summed E-state index contributed by atoms with van der Waals surface area (Å²) in [6.45, 7) is 0. The van der Waals surface area contributed by atoms with Crippen LogP contribution in [0.15, 0.2) is 36.4 Å². The third-order valence-corrected chi connectivity index (χ3v) is 3.63. The number of carbonyl (C=O) groups is 2. The second-order valence-electron chi connectivity index (χ2n) is 4.42. The van der Waals surface area contributed by atoms with Crippen molar-refractivity contribution in [1.82, 2.24) is 0 Å². The van der Waals surface area contributed by atoms with Crippen LogP contribution in [-0.4, -0.2) is 26.2 Å². The van der Waals surface area contributed by atoms with Crippen molar-refractivity contribution in [2.24, 2.45) is 0 Å². The minimum absolute atomic E-state index is 0.0156. The zero-order chi connectivity index (χ0) is 20.0. The number of non-ortho nitro benzene ring substituents is 2. The van der Waals surface area contributed by atoms with Gasteiger partial charge in [-0.25, -0.2) is 4.79 Å². The van der Waals surface area contributed by atoms with E-state index in [0.29, 0.717) is 0 Å². The highest BCUT2D eigenvalue weighted by molar-refractivity contribution is 6.68. The van der Waals surface area contributed by atoms with Crippen molar-refractivity contribution in [1.29, 1.82) is 0 Å². The van der Waals surface area contributed by atoms with Gasteiger partial charge in [-0.15, -0.1) is 0 Å². The van der Waals surface area contributed by atoms with Gasteiger partial charge in [-0.3, -0.25) is 25.0 Å². The quantitative estimate of drug-likeness (QED) is 0.433. The molecule has 2 rings (SSSR count). The van der Waals surface area contributed by atoms with E-state index in [4.69, 9.17) is 39.9 Å². The van der Waals surface area contributed by atoms with Crippen molar-refractivity contribution in [3.63, 3.8) is 0 Å². The van der Waals surface area contributed by atoms with Gasteiger partial charge in [0.1, 0.15) is 0 Å². The molecule has 12 heteroatoms. The normalized spacial score (nSPS) is 9.65. The molecule has 1 N–H and O–H groups in total. The first-order chi connectivity index (χ1) is 12.0. The van der Waals surface area contributed by atoms with E-state index >= 15 is 0 Å². The van der Waals surface area contributed by atoms with Crippen molar-refractivity contribution in [3.05, 3.63) is 77.8 Å². The van der Waals surface area contributed by atoms with Gasteiger partial charge in [0.05, 0.1) is 31.0 Å². The Morgan fingerprint density at radius 3 is 1.58 bits per heavy atom. The summed E-state index contributed by atoms with van der Waals surface area (Å²) in [7, 11) is 0. The molecule has 0 radical (unpaired) electrons. The van der Waals surface area contributed by atoms with Crippen LogP contribution < -0.4 is 0 Å². The Kier molecular flexibility index (Phi) is 7.44. The molecule has 0 unspecified atom stereocenters. The Morgan fingerprint density at radius 2 is 1.23 bits per heavy atom. The van der Waals surface area contributed by atoms with Crippen LogP contribution in [-0.2, 0) is 0 Å². The van der Waals surface area contributed by atoms with Gasteiger partial charge in [0.25, 0.3) is 16.6 Å². The number of aromatic carboxylic acids is 1. The third kappa shape index (κ3) is 5.66. The summed E-state index contributed by atoms with van der Waals surface area (Å²) in [4.78, 5) is 40.4. The fourth-order valence-corrected chi connectivity index (χ4v) is 2.17. The van der Waals surface area contributed by atoms with Crippen LogP contribution >= 0.6 is 34.8 Å². The van der Waals surface area contributed by atoms with Crippen molar-refractivity contribution in [2.75, 3.05) is 0 Å². The van der Waals surface area contributed by atoms with E-state index in [-0.39, 0.29) is 32.5 Å². The Bertz CT molecular complexity index is 829. The predicted molar refractivity (Wildman–Crippen MR) is 93.4 cm³/mol. The highest BCUT2D eigenvalue weighted by atomic mass is 35.5. The summed E-state index contributed by atoms with van der Waals surface area (Å²) in [6, 6.07) is 6.75. The van der Waals surface area contributed by atoms with Crippen molar-refractivity contribution >= 4 is 57.4 Å². The second kappa shape index (κ2) is 9.09. The minimum atomic E-state index is -1.28. The Labute approximate surface area is 160 Å². The Morgan fingerprint density at radius 1 is 0.846 bits per heavy atom. The van der Waals surface area contributed by atoms with Crippen LogP contribution in [0.2, 0.25) is 10.0 Å². The number of nitrogens with zero attached hydrogens (tertiary/aromatic N) is 2. The Hall–Kier alpha value is -2.75. The number of carboxylic acids is 1. The molecule has 2 aromatic carbocycles. The number of nitro groups is 2. The van der Waals surface area contributed by atoms with Gasteiger partial charge in [-0.05, 0) is 23.7 Å². The predicted octanol–water partition coefficient (Wildman–Crippen LogP) is 4.57. The van der Waals surface area contributed by atoms with E-state index in [1.165, 1.54) is 18.2 Å². The molecule has 0 aliphatic carbocycles. The molecular weight excluding hydrogens is 415 g/mol. The van der Waals surface area contributed by atoms with Crippen molar-refractivity contribution in [2.45, 2.75) is 0 Å². The Balaban J connectivity index is 0.000000260. The van der Waals surface area contributed by atoms with Crippen molar-refractivity contribution < 1.29 is 24.5 Å². The number of carbonyl (C=O) groups excluding carboxylic acids is 1. The fourth-order valence-electron chi connectivity index (χ4n) is 1.57. The first-order valence-electron chi connectivity index (χ1n) is 6.35. The van der Waals surface area contributed by atoms with Gasteiger partial charge >= 0.3 is 5.97 Å². The van der Waals surface area contributed by atoms with E-state index in [0.717, 1.165) is 18.2 Å². The molecule has 0 aliphatic rings. The van der Waals surface area contributed by atoms with Crippen LogP contribution in [0, 0.1) is 20.2 Å². The lowest BCUT2D eigenvalue weighted by molar-refractivity contribution is -0.385. The first-order valence-corrected chi connectivity index (χ1v) is 7.49. The molecule has 26 heavy (non-hydrogen) atoms. The van der Waals surface area contributed by atoms with E-state index in [9.17, 15) is 29.8 Å². The van der Waals surface area contributed by atoms with Crippen LogP contribution in [0.4, 0.5) is 11.4 Å². The third-order valence-electron chi connectivity index (χ3n) is 2.76. The second-order valence-corrected chi connectivity index (χ2v) is 5.58. The molecule has 0 aliphatic heterocycles. The number of nitro benzene ring substituents is 2. The van der Waals surface area contributed by atoms with Gasteiger partial charge in [-0.1, -0.05) is 23.2 Å². The SMILES string of the molecule is O=C(Cl)c1cc([N+](=O)[O-])ccc1Cl.O=C(O)c1cc([N+](=O)[O-])ccc1Cl. The largest absolute Gasteiger partial charge is 0.478 e. The zero-order valence-electron chi connectivity index (χ0n) is 12.4. The first kappa shape index (κ1) is 21.3. The molecule has 2 aromatic rings. The maximum absolute atomic E-state index is 10.7. The number of carboxylic acid groups (broad SMARTS) is 1. The topological polar surface area (TPSA) is 141 Å². The van der Waals surface area contributed by atoms with E-state index in [1.54, 1.807) is 0 Å². The number of halogens is 3. The molecule has 9 nitrogen and oxygen atoms in total. The van der Waals surface area contributed by atoms with Gasteiger partial charge in [0.2, 0.25) is 0 Å². The zero-order valence-corrected chi connectivity index (χ0v) is 14.7. The number of hydrogen-bond acceptors (Lipinski definition) is 6. The van der Waals surface area contributed by atoms with Gasteiger partial charge in [0.15, 0.2) is 0 Å². The lowest BCUT2D eigenvalue weighted by atomic mass is 10.2. The molecule has 0 saturated heterocycles. The number of hydrogen-bond donors (Lipinski definition) is 1. The van der Waals surface area contributed by atoms with Gasteiger partial charge < -0.3 is 5.11 Å². The molecular formula is C14H7Cl3N2O7. The smallest absolute Gasteiger partial charge is 0.337 e. The number of rotatable bonds is 4. The standard InChI is InChI=1S/C7H3Cl2NO3.C7H4ClNO4/c8-6-2-1-4(10(12)13)3-5(6)7(9)11;8-6-2-1-4(9(12)13)3-5(6)7(10)11/h1-3H;1-3H,(H,10,11). The van der Waals surface area contributed by atoms with Crippen LogP contribution in [0.5, 0.6) is 0 Å². The summed E-state index contributed by atoms with van der Waals surface area (Å²) in [5.74, 6) is -1.28. The molecule has 0 saturated carbocycles. The van der Waals surface area contributed by atoms with E-state index < -0.39 is 21.1 Å². The average molecular weight is 422 g/mol. The summed E-state index contributed by atoms with van der Waals surface area (Å²) in [5.41, 5.74) is -0.830. The molecule has 0 bridgehead atoms. The molecule has 0 aromatic heterocycles. The molecule has 0 spiro atoms. The maximum atomic E-state index is 10.7. The van der Waals surface area contributed by atoms with Crippen LogP contribution in [0.3, 0.4) is 0 Å². The van der Waals surface area contributed by atoms with Crippen LogP contribution in [0.25, 0.3) is 0 Å². The lowest BCUT2D eigenvalue weighted by Gasteiger charge is -1.97.